The number of nitrogens with one attached hydrogen (secondary N) is 1. The molecule has 2 fully saturated rings. The van der Waals surface area contributed by atoms with E-state index < -0.39 is 5.60 Å². The van der Waals surface area contributed by atoms with Gasteiger partial charge in [0.25, 0.3) is 0 Å². The van der Waals surface area contributed by atoms with Gasteiger partial charge < -0.3 is 15.0 Å². The molecule has 2 radical (unpaired) electrons. The highest BCUT2D eigenvalue weighted by molar-refractivity contribution is 6.32. The summed E-state index contributed by atoms with van der Waals surface area (Å²) in [6.45, 7) is 8.23. The Morgan fingerprint density at radius 1 is 1.28 bits per heavy atom. The molecule has 1 aliphatic carbocycles. The molecule has 1 aromatic rings. The van der Waals surface area contributed by atoms with Crippen LogP contribution >= 0.6 is 0 Å². The number of nitrogens with zero attached hydrogens (tertiary/aromatic N) is 1. The molecule has 0 spiro atoms. The van der Waals surface area contributed by atoms with Crippen LogP contribution in [0.2, 0.25) is 0 Å². The lowest BCUT2D eigenvalue weighted by Gasteiger charge is -2.24. The first-order chi connectivity index (χ1) is 11.8. The van der Waals surface area contributed by atoms with Crippen LogP contribution in [-0.4, -0.2) is 50.1 Å². The predicted molar refractivity (Wildman–Crippen MR) is 101 cm³/mol. The minimum Gasteiger partial charge on any atom is -0.444 e. The Bertz CT molecular complexity index is 610. The molecule has 1 saturated heterocycles. The minimum atomic E-state index is -0.454. The van der Waals surface area contributed by atoms with E-state index in [4.69, 9.17) is 12.6 Å². The second kappa shape index (κ2) is 7.41. The van der Waals surface area contributed by atoms with Gasteiger partial charge in [-0.1, -0.05) is 29.7 Å². The zero-order valence-electron chi connectivity index (χ0n) is 15.6. The Balaban J connectivity index is 1.65. The molecule has 0 bridgehead atoms. The van der Waals surface area contributed by atoms with E-state index in [2.05, 4.69) is 11.4 Å². The van der Waals surface area contributed by atoms with E-state index in [0.29, 0.717) is 17.9 Å². The van der Waals surface area contributed by atoms with E-state index in [1.54, 1.807) is 0 Å². The highest BCUT2D eigenvalue weighted by atomic mass is 16.6. The third kappa shape index (κ3) is 5.50. The van der Waals surface area contributed by atoms with E-state index in [0.717, 1.165) is 31.5 Å². The molecule has 3 rings (SSSR count). The SMILES string of the molecule is [B]c1cccc(C[C@@H]2CN(C(=O)OC(C)(C)C)C[C@H]2CNC2CC2)c1. The van der Waals surface area contributed by atoms with Crippen LogP contribution in [0.25, 0.3) is 0 Å². The monoisotopic (exact) mass is 340 g/mol. The van der Waals surface area contributed by atoms with Crippen molar-refractivity contribution in [3.8, 4) is 0 Å². The van der Waals surface area contributed by atoms with Crippen LogP contribution < -0.4 is 10.8 Å². The second-order valence-electron chi connectivity index (χ2n) is 8.54. The van der Waals surface area contributed by atoms with E-state index in [9.17, 15) is 4.79 Å². The molecule has 0 unspecified atom stereocenters. The molecule has 25 heavy (non-hydrogen) atoms. The van der Waals surface area contributed by atoms with Crippen molar-refractivity contribution in [2.45, 2.75) is 51.7 Å². The number of hydrogen-bond acceptors (Lipinski definition) is 3. The number of amides is 1. The molecule has 1 aromatic carbocycles. The van der Waals surface area contributed by atoms with Crippen molar-refractivity contribution >= 4 is 19.4 Å². The van der Waals surface area contributed by atoms with Crippen LogP contribution in [0.4, 0.5) is 4.79 Å². The van der Waals surface area contributed by atoms with Crippen molar-refractivity contribution in [2.24, 2.45) is 11.8 Å². The molecule has 4 nitrogen and oxygen atoms in total. The molecule has 1 saturated carbocycles. The summed E-state index contributed by atoms with van der Waals surface area (Å²) < 4.78 is 5.57. The lowest BCUT2D eigenvalue weighted by Crippen LogP contribution is -2.36. The highest BCUT2D eigenvalue weighted by Gasteiger charge is 2.37. The average Bonchev–Trinajstić information content (AvgIpc) is 3.24. The number of likely N-dealkylation sites (tertiary alicyclic amines) is 1. The molecule has 1 heterocycles. The van der Waals surface area contributed by atoms with Crippen molar-refractivity contribution in [3.63, 3.8) is 0 Å². The summed E-state index contributed by atoms with van der Waals surface area (Å²) >= 11 is 0. The maximum atomic E-state index is 12.5. The molecule has 5 heteroatoms. The molecular weight excluding hydrogens is 311 g/mol. The topological polar surface area (TPSA) is 41.6 Å². The molecule has 2 aliphatic rings. The fraction of sp³-hybridized carbons (Fsp3) is 0.650. The molecule has 1 amide bonds. The fourth-order valence-corrected chi connectivity index (χ4v) is 3.51. The normalized spacial score (nSPS) is 23.7. The number of benzene rings is 1. The van der Waals surface area contributed by atoms with E-state index in [1.165, 1.54) is 18.4 Å². The van der Waals surface area contributed by atoms with Gasteiger partial charge in [-0.2, -0.15) is 0 Å². The number of carbonyl (C=O) groups is 1. The first-order valence-electron chi connectivity index (χ1n) is 9.36. The Morgan fingerprint density at radius 2 is 2.00 bits per heavy atom. The fourth-order valence-electron chi connectivity index (χ4n) is 3.51. The van der Waals surface area contributed by atoms with Gasteiger partial charge in [0.2, 0.25) is 0 Å². The van der Waals surface area contributed by atoms with E-state index >= 15 is 0 Å². The van der Waals surface area contributed by atoms with Crippen LogP contribution in [0, 0.1) is 11.8 Å². The van der Waals surface area contributed by atoms with Crippen LogP contribution in [0.1, 0.15) is 39.2 Å². The summed E-state index contributed by atoms with van der Waals surface area (Å²) in [5.41, 5.74) is 1.59. The third-order valence-electron chi connectivity index (χ3n) is 4.92. The molecule has 134 valence electrons. The molecule has 2 atom stereocenters. The van der Waals surface area contributed by atoms with Crippen LogP contribution in [-0.2, 0) is 11.2 Å². The molecular formula is C20H29BN2O2. The average molecular weight is 340 g/mol. The van der Waals surface area contributed by atoms with Crippen molar-refractivity contribution in [1.82, 2.24) is 10.2 Å². The van der Waals surface area contributed by atoms with Crippen molar-refractivity contribution in [3.05, 3.63) is 29.8 Å². The quantitative estimate of drug-likeness (QED) is 0.836. The van der Waals surface area contributed by atoms with Crippen LogP contribution in [0.3, 0.4) is 0 Å². The number of ether oxygens (including phenoxy) is 1. The maximum absolute atomic E-state index is 12.5. The zero-order valence-corrected chi connectivity index (χ0v) is 15.6. The zero-order chi connectivity index (χ0) is 18.0. The molecule has 1 N–H and O–H groups in total. The minimum absolute atomic E-state index is 0.195. The van der Waals surface area contributed by atoms with Gasteiger partial charge in [-0.3, -0.25) is 0 Å². The van der Waals surface area contributed by atoms with Gasteiger partial charge in [-0.05, 0) is 57.4 Å². The lowest BCUT2D eigenvalue weighted by atomic mass is 9.87. The smallest absolute Gasteiger partial charge is 0.410 e. The second-order valence-corrected chi connectivity index (χ2v) is 8.54. The molecule has 0 aromatic heterocycles. The summed E-state index contributed by atoms with van der Waals surface area (Å²) in [5, 5.41) is 3.63. The number of rotatable bonds is 5. The van der Waals surface area contributed by atoms with Gasteiger partial charge in [0.05, 0.1) is 0 Å². The van der Waals surface area contributed by atoms with Crippen LogP contribution in [0.15, 0.2) is 24.3 Å². The molecule has 1 aliphatic heterocycles. The largest absolute Gasteiger partial charge is 0.444 e. The Kier molecular flexibility index (Phi) is 5.42. The van der Waals surface area contributed by atoms with Crippen LogP contribution in [0.5, 0.6) is 0 Å². The van der Waals surface area contributed by atoms with Gasteiger partial charge in [-0.15, -0.1) is 0 Å². The lowest BCUT2D eigenvalue weighted by molar-refractivity contribution is 0.0284. The summed E-state index contributed by atoms with van der Waals surface area (Å²) in [6, 6.07) is 8.77. The van der Waals surface area contributed by atoms with Gasteiger partial charge in [0.15, 0.2) is 0 Å². The van der Waals surface area contributed by atoms with Crippen molar-refractivity contribution in [1.29, 1.82) is 0 Å². The van der Waals surface area contributed by atoms with Crippen molar-refractivity contribution < 1.29 is 9.53 Å². The summed E-state index contributed by atoms with van der Waals surface area (Å²) in [5.74, 6) is 0.884. The predicted octanol–water partition coefficient (Wildman–Crippen LogP) is 2.26. The maximum Gasteiger partial charge on any atom is 0.410 e. The van der Waals surface area contributed by atoms with E-state index in [-0.39, 0.29) is 6.09 Å². The Hall–Kier alpha value is -1.49. The number of hydrogen-bond donors (Lipinski definition) is 1. The first-order valence-corrected chi connectivity index (χ1v) is 9.36. The van der Waals surface area contributed by atoms with Gasteiger partial charge in [-0.25, -0.2) is 4.79 Å². The highest BCUT2D eigenvalue weighted by Crippen LogP contribution is 2.29. The number of carbonyl (C=O) groups excluding carboxylic acids is 1. The standard InChI is InChI=1S/C20H29BN2O2/c1-20(2,3)25-19(24)23-12-15(9-14-5-4-6-17(21)10-14)16(13-23)11-22-18-7-8-18/h4-6,10,15-16,18,22H,7-9,11-13H2,1-3H3/t15-,16-/m1/s1. The summed E-state index contributed by atoms with van der Waals surface area (Å²) in [6.07, 6.45) is 3.31. The summed E-state index contributed by atoms with van der Waals surface area (Å²) in [7, 11) is 5.92. The third-order valence-corrected chi connectivity index (χ3v) is 4.92. The van der Waals surface area contributed by atoms with Gasteiger partial charge in [0.1, 0.15) is 13.4 Å². The van der Waals surface area contributed by atoms with Crippen molar-refractivity contribution in [2.75, 3.05) is 19.6 Å². The van der Waals surface area contributed by atoms with Gasteiger partial charge in [0, 0.05) is 25.7 Å². The van der Waals surface area contributed by atoms with E-state index in [1.807, 2.05) is 43.9 Å². The summed E-state index contributed by atoms with van der Waals surface area (Å²) in [4.78, 5) is 14.3. The Labute approximate surface area is 152 Å². The Morgan fingerprint density at radius 3 is 2.64 bits per heavy atom. The first kappa shape index (κ1) is 18.3. The van der Waals surface area contributed by atoms with Gasteiger partial charge >= 0.3 is 6.09 Å².